The van der Waals surface area contributed by atoms with Crippen molar-refractivity contribution in [1.29, 1.82) is 5.26 Å². The fourth-order valence-electron chi connectivity index (χ4n) is 2.05. The van der Waals surface area contributed by atoms with Crippen molar-refractivity contribution < 1.29 is 4.79 Å². The maximum absolute atomic E-state index is 12.0. The van der Waals surface area contributed by atoms with Crippen LogP contribution in [-0.2, 0) is 4.79 Å². The molecule has 0 bridgehead atoms. The van der Waals surface area contributed by atoms with Crippen LogP contribution in [0.2, 0.25) is 0 Å². The average Bonchev–Trinajstić information content (AvgIpc) is 2.47. The molecule has 21 heavy (non-hydrogen) atoms. The van der Waals surface area contributed by atoms with Crippen LogP contribution in [0.3, 0.4) is 0 Å². The predicted molar refractivity (Wildman–Crippen MR) is 84.2 cm³/mol. The summed E-state index contributed by atoms with van der Waals surface area (Å²) in [5, 5.41) is 15.0. The molecule has 4 nitrogen and oxygen atoms in total. The Morgan fingerprint density at radius 3 is 2.43 bits per heavy atom. The second-order valence-corrected chi connectivity index (χ2v) is 4.83. The number of nitrogens with zero attached hydrogens (tertiary/aromatic N) is 1. The first kappa shape index (κ1) is 14.6. The molecule has 0 aromatic heterocycles. The number of aryl methyl sites for hydroxylation is 2. The minimum Gasteiger partial charge on any atom is -0.375 e. The van der Waals surface area contributed by atoms with E-state index in [1.165, 1.54) is 0 Å². The molecule has 0 aliphatic rings. The van der Waals surface area contributed by atoms with Gasteiger partial charge in [-0.25, -0.2) is 0 Å². The maximum atomic E-state index is 12.0. The molecule has 1 amide bonds. The SMILES string of the molecule is Cc1ccccc1NC(=O)CNc1cccc(C)c1C#N. The third-order valence-corrected chi connectivity index (χ3v) is 3.24. The largest absolute Gasteiger partial charge is 0.375 e. The minimum absolute atomic E-state index is 0.118. The summed E-state index contributed by atoms with van der Waals surface area (Å²) in [6, 6.07) is 15.3. The first-order valence-corrected chi connectivity index (χ1v) is 6.71. The molecule has 0 aliphatic heterocycles. The van der Waals surface area contributed by atoms with Gasteiger partial charge in [-0.15, -0.1) is 0 Å². The van der Waals surface area contributed by atoms with Gasteiger partial charge in [-0.05, 0) is 37.1 Å². The van der Waals surface area contributed by atoms with Crippen molar-refractivity contribution in [3.05, 3.63) is 59.2 Å². The Hall–Kier alpha value is -2.80. The van der Waals surface area contributed by atoms with Crippen molar-refractivity contribution in [3.8, 4) is 6.07 Å². The number of amides is 1. The van der Waals surface area contributed by atoms with Gasteiger partial charge in [-0.1, -0.05) is 30.3 Å². The molecule has 4 heteroatoms. The number of carbonyl (C=O) groups is 1. The van der Waals surface area contributed by atoms with Crippen molar-refractivity contribution in [2.45, 2.75) is 13.8 Å². The van der Waals surface area contributed by atoms with Crippen LogP contribution in [-0.4, -0.2) is 12.5 Å². The lowest BCUT2D eigenvalue weighted by Gasteiger charge is -2.11. The van der Waals surface area contributed by atoms with Crippen LogP contribution in [0.5, 0.6) is 0 Å². The second-order valence-electron chi connectivity index (χ2n) is 4.83. The fraction of sp³-hybridized carbons (Fsp3) is 0.176. The first-order chi connectivity index (χ1) is 10.1. The van der Waals surface area contributed by atoms with Gasteiger partial charge >= 0.3 is 0 Å². The topological polar surface area (TPSA) is 64.9 Å². The van der Waals surface area contributed by atoms with Crippen molar-refractivity contribution in [2.75, 3.05) is 17.2 Å². The number of nitrogens with one attached hydrogen (secondary N) is 2. The molecule has 106 valence electrons. The number of anilines is 2. The van der Waals surface area contributed by atoms with Crippen LogP contribution in [0, 0.1) is 25.2 Å². The van der Waals surface area contributed by atoms with Crippen LogP contribution >= 0.6 is 0 Å². The molecule has 2 aromatic rings. The van der Waals surface area contributed by atoms with E-state index in [1.807, 2.05) is 50.2 Å². The van der Waals surface area contributed by atoms with E-state index >= 15 is 0 Å². The summed E-state index contributed by atoms with van der Waals surface area (Å²) in [4.78, 5) is 12.0. The molecule has 2 aromatic carbocycles. The number of carbonyl (C=O) groups excluding carboxylic acids is 1. The molecule has 0 spiro atoms. The number of para-hydroxylation sites is 1. The lowest BCUT2D eigenvalue weighted by molar-refractivity contribution is -0.114. The molecule has 0 atom stereocenters. The molecule has 0 heterocycles. The van der Waals surface area contributed by atoms with Gasteiger partial charge in [0.15, 0.2) is 0 Å². The summed E-state index contributed by atoms with van der Waals surface area (Å²) in [7, 11) is 0. The molecule has 0 aliphatic carbocycles. The first-order valence-electron chi connectivity index (χ1n) is 6.71. The third-order valence-electron chi connectivity index (χ3n) is 3.24. The van der Waals surface area contributed by atoms with Crippen molar-refractivity contribution in [2.24, 2.45) is 0 Å². The summed E-state index contributed by atoms with van der Waals surface area (Å²) in [6.45, 7) is 3.93. The fourth-order valence-corrected chi connectivity index (χ4v) is 2.05. The molecule has 2 N–H and O–H groups in total. The van der Waals surface area contributed by atoms with Gasteiger partial charge < -0.3 is 10.6 Å². The van der Waals surface area contributed by atoms with Gasteiger partial charge in [0.2, 0.25) is 5.91 Å². The quantitative estimate of drug-likeness (QED) is 0.903. The van der Waals surface area contributed by atoms with Crippen molar-refractivity contribution in [3.63, 3.8) is 0 Å². The summed E-state index contributed by atoms with van der Waals surface area (Å²) in [6.07, 6.45) is 0. The molecule has 0 saturated carbocycles. The zero-order chi connectivity index (χ0) is 15.2. The number of hydrogen-bond donors (Lipinski definition) is 2. The van der Waals surface area contributed by atoms with Gasteiger partial charge in [-0.2, -0.15) is 5.26 Å². The van der Waals surface area contributed by atoms with E-state index in [0.717, 1.165) is 16.8 Å². The highest BCUT2D eigenvalue weighted by Gasteiger charge is 2.07. The molecule has 2 rings (SSSR count). The highest BCUT2D eigenvalue weighted by molar-refractivity contribution is 5.94. The lowest BCUT2D eigenvalue weighted by atomic mass is 10.1. The van der Waals surface area contributed by atoms with Crippen molar-refractivity contribution in [1.82, 2.24) is 0 Å². The third kappa shape index (κ3) is 3.61. The monoisotopic (exact) mass is 279 g/mol. The van der Waals surface area contributed by atoms with E-state index < -0.39 is 0 Å². The molecule has 0 saturated heterocycles. The van der Waals surface area contributed by atoms with Gasteiger partial charge in [0.1, 0.15) is 6.07 Å². The van der Waals surface area contributed by atoms with Crippen molar-refractivity contribution >= 4 is 17.3 Å². The molecular weight excluding hydrogens is 262 g/mol. The Kier molecular flexibility index (Phi) is 4.57. The van der Waals surface area contributed by atoms with Gasteiger partial charge in [0, 0.05) is 5.69 Å². The lowest BCUT2D eigenvalue weighted by Crippen LogP contribution is -2.22. The van der Waals surface area contributed by atoms with Crippen LogP contribution in [0.1, 0.15) is 16.7 Å². The van der Waals surface area contributed by atoms with E-state index in [9.17, 15) is 4.79 Å². The Morgan fingerprint density at radius 1 is 1.05 bits per heavy atom. The van der Waals surface area contributed by atoms with Gasteiger partial charge in [0.05, 0.1) is 17.8 Å². The van der Waals surface area contributed by atoms with E-state index in [4.69, 9.17) is 5.26 Å². The zero-order valence-corrected chi connectivity index (χ0v) is 12.1. The minimum atomic E-state index is -0.144. The Labute approximate surface area is 124 Å². The average molecular weight is 279 g/mol. The van der Waals surface area contributed by atoms with Crippen LogP contribution in [0.25, 0.3) is 0 Å². The van der Waals surface area contributed by atoms with E-state index in [2.05, 4.69) is 16.7 Å². The van der Waals surface area contributed by atoms with Gasteiger partial charge in [-0.3, -0.25) is 4.79 Å². The predicted octanol–water partition coefficient (Wildman–Crippen LogP) is 3.23. The maximum Gasteiger partial charge on any atom is 0.243 e. The van der Waals surface area contributed by atoms with Crippen LogP contribution < -0.4 is 10.6 Å². The molecule has 0 unspecified atom stereocenters. The van der Waals surface area contributed by atoms with E-state index in [1.54, 1.807) is 6.07 Å². The highest BCUT2D eigenvalue weighted by atomic mass is 16.1. The Morgan fingerprint density at radius 2 is 1.71 bits per heavy atom. The zero-order valence-electron chi connectivity index (χ0n) is 12.1. The smallest absolute Gasteiger partial charge is 0.243 e. The molecule has 0 fully saturated rings. The number of benzene rings is 2. The summed E-state index contributed by atoms with van der Waals surface area (Å²) in [5.41, 5.74) is 3.95. The highest BCUT2D eigenvalue weighted by Crippen LogP contribution is 2.18. The summed E-state index contributed by atoms with van der Waals surface area (Å²) >= 11 is 0. The summed E-state index contributed by atoms with van der Waals surface area (Å²) in [5.74, 6) is -0.144. The normalized spacial score (nSPS) is 9.76. The number of hydrogen-bond acceptors (Lipinski definition) is 3. The van der Waals surface area contributed by atoms with E-state index in [-0.39, 0.29) is 12.5 Å². The Bertz CT molecular complexity index is 701. The van der Waals surface area contributed by atoms with Gasteiger partial charge in [0.25, 0.3) is 0 Å². The van der Waals surface area contributed by atoms with Crippen LogP contribution in [0.15, 0.2) is 42.5 Å². The molecular formula is C17H17N3O. The Balaban J connectivity index is 2.01. The molecule has 0 radical (unpaired) electrons. The van der Waals surface area contributed by atoms with E-state index in [0.29, 0.717) is 11.3 Å². The second kappa shape index (κ2) is 6.58. The number of nitriles is 1. The van der Waals surface area contributed by atoms with Crippen LogP contribution in [0.4, 0.5) is 11.4 Å². The summed E-state index contributed by atoms with van der Waals surface area (Å²) < 4.78 is 0. The standard InChI is InChI=1S/C17H17N3O/c1-12-7-5-9-16(14(12)10-18)19-11-17(21)20-15-8-4-3-6-13(15)2/h3-9,19H,11H2,1-2H3,(H,20,21). The number of rotatable bonds is 4.